The van der Waals surface area contributed by atoms with Gasteiger partial charge in [-0.3, -0.25) is 9.69 Å². The van der Waals surface area contributed by atoms with Crippen LogP contribution in [0.4, 0.5) is 5.69 Å². The first-order chi connectivity index (χ1) is 15.5. The number of benzene rings is 2. The summed E-state index contributed by atoms with van der Waals surface area (Å²) in [5.74, 6) is 1.19. The monoisotopic (exact) mass is 450 g/mol. The Kier molecular flexibility index (Phi) is 6.82. The van der Waals surface area contributed by atoms with Crippen LogP contribution < -0.4 is 14.8 Å². The van der Waals surface area contributed by atoms with Gasteiger partial charge in [0.15, 0.2) is 11.5 Å². The first kappa shape index (κ1) is 22.4. The van der Waals surface area contributed by atoms with Crippen molar-refractivity contribution in [2.45, 2.75) is 32.7 Å². The summed E-state index contributed by atoms with van der Waals surface area (Å²) < 4.78 is 10.7. The van der Waals surface area contributed by atoms with Gasteiger partial charge in [-0.15, -0.1) is 11.3 Å². The molecule has 6 heteroatoms. The number of amides is 1. The SMILES string of the molecule is CCc1c(C)sc2c1CCN(CC(=O)Nc1ccc(OC)c(OC)c1)C2c1ccccc1. The predicted octanol–water partition coefficient (Wildman–Crippen LogP) is 5.22. The fraction of sp³-hybridized carbons (Fsp3) is 0.346. The summed E-state index contributed by atoms with van der Waals surface area (Å²) in [6, 6.07) is 16.0. The van der Waals surface area contributed by atoms with Crippen LogP contribution in [-0.4, -0.2) is 38.1 Å². The van der Waals surface area contributed by atoms with Crippen LogP contribution in [0.1, 0.15) is 39.4 Å². The number of hydrogen-bond donors (Lipinski definition) is 1. The predicted molar refractivity (Wildman–Crippen MR) is 130 cm³/mol. The van der Waals surface area contributed by atoms with Crippen molar-refractivity contribution in [3.8, 4) is 11.5 Å². The molecule has 0 saturated carbocycles. The fourth-order valence-electron chi connectivity index (χ4n) is 4.62. The molecule has 1 atom stereocenters. The molecule has 2 aromatic carbocycles. The van der Waals surface area contributed by atoms with Crippen molar-refractivity contribution in [1.82, 2.24) is 4.90 Å². The van der Waals surface area contributed by atoms with Gasteiger partial charge in [0.05, 0.1) is 26.8 Å². The number of nitrogens with one attached hydrogen (secondary N) is 1. The third-order valence-electron chi connectivity index (χ3n) is 6.10. The average Bonchev–Trinajstić information content (AvgIpc) is 3.14. The van der Waals surface area contributed by atoms with Crippen LogP contribution in [0.2, 0.25) is 0 Å². The Balaban J connectivity index is 1.59. The van der Waals surface area contributed by atoms with E-state index in [2.05, 4.69) is 48.3 Å². The topological polar surface area (TPSA) is 50.8 Å². The van der Waals surface area contributed by atoms with E-state index < -0.39 is 0 Å². The normalized spacial score (nSPS) is 15.8. The second-order valence-corrected chi connectivity index (χ2v) is 9.24. The molecule has 1 unspecified atom stereocenters. The Morgan fingerprint density at radius 2 is 1.88 bits per heavy atom. The van der Waals surface area contributed by atoms with E-state index in [0.29, 0.717) is 23.7 Å². The van der Waals surface area contributed by atoms with Crippen molar-refractivity contribution in [2.75, 3.05) is 32.6 Å². The van der Waals surface area contributed by atoms with E-state index in [4.69, 9.17) is 9.47 Å². The average molecular weight is 451 g/mol. The number of aryl methyl sites for hydroxylation is 1. The van der Waals surface area contributed by atoms with Gasteiger partial charge in [-0.2, -0.15) is 0 Å². The summed E-state index contributed by atoms with van der Waals surface area (Å²) in [4.78, 5) is 18.1. The molecule has 0 bridgehead atoms. The minimum atomic E-state index is -0.0365. The molecule has 1 amide bonds. The molecule has 0 aliphatic carbocycles. The van der Waals surface area contributed by atoms with E-state index in [1.54, 1.807) is 26.4 Å². The van der Waals surface area contributed by atoms with Gasteiger partial charge >= 0.3 is 0 Å². The standard InChI is InChI=1S/C26H30N2O3S/c1-5-20-17(2)32-26-21(20)13-14-28(25(26)18-9-7-6-8-10-18)16-24(29)27-19-11-12-22(30-3)23(15-19)31-4/h6-12,15,25H,5,13-14,16H2,1-4H3,(H,27,29). The zero-order valence-electron chi connectivity index (χ0n) is 19.1. The lowest BCUT2D eigenvalue weighted by atomic mass is 9.91. The van der Waals surface area contributed by atoms with Gasteiger partial charge in [-0.1, -0.05) is 37.3 Å². The Labute approximate surface area is 194 Å². The minimum Gasteiger partial charge on any atom is -0.493 e. The minimum absolute atomic E-state index is 0.0365. The number of hydrogen-bond acceptors (Lipinski definition) is 5. The molecule has 168 valence electrons. The summed E-state index contributed by atoms with van der Waals surface area (Å²) in [5, 5.41) is 3.03. The molecule has 32 heavy (non-hydrogen) atoms. The van der Waals surface area contributed by atoms with Crippen LogP contribution in [0.15, 0.2) is 48.5 Å². The summed E-state index contributed by atoms with van der Waals surface area (Å²) in [6.07, 6.45) is 2.04. The maximum Gasteiger partial charge on any atom is 0.238 e. The maximum absolute atomic E-state index is 13.0. The first-order valence-electron chi connectivity index (χ1n) is 11.0. The van der Waals surface area contributed by atoms with Crippen molar-refractivity contribution >= 4 is 22.9 Å². The Bertz CT molecular complexity index is 1090. The van der Waals surface area contributed by atoms with Crippen molar-refractivity contribution < 1.29 is 14.3 Å². The molecule has 0 spiro atoms. The highest BCUT2D eigenvalue weighted by atomic mass is 32.1. The highest BCUT2D eigenvalue weighted by molar-refractivity contribution is 7.12. The van der Waals surface area contributed by atoms with Crippen molar-refractivity contribution in [3.63, 3.8) is 0 Å². The van der Waals surface area contributed by atoms with Crippen molar-refractivity contribution in [3.05, 3.63) is 75.0 Å². The van der Waals surface area contributed by atoms with Gasteiger partial charge in [0.1, 0.15) is 0 Å². The summed E-state index contributed by atoms with van der Waals surface area (Å²) in [6.45, 7) is 5.63. The van der Waals surface area contributed by atoms with Crippen LogP contribution in [0.25, 0.3) is 0 Å². The number of fused-ring (bicyclic) bond motifs is 1. The van der Waals surface area contributed by atoms with Gasteiger partial charge in [-0.05, 0) is 48.6 Å². The third-order valence-corrected chi connectivity index (χ3v) is 7.34. The van der Waals surface area contributed by atoms with Crippen molar-refractivity contribution in [1.29, 1.82) is 0 Å². The number of methoxy groups -OCH3 is 2. The molecule has 3 aromatic rings. The third kappa shape index (κ3) is 4.38. The molecule has 0 saturated heterocycles. The van der Waals surface area contributed by atoms with Gasteiger partial charge in [0.2, 0.25) is 5.91 Å². The molecular formula is C26H30N2O3S. The van der Waals surface area contributed by atoms with E-state index in [9.17, 15) is 4.79 Å². The smallest absolute Gasteiger partial charge is 0.238 e. The van der Waals surface area contributed by atoms with Gasteiger partial charge < -0.3 is 14.8 Å². The van der Waals surface area contributed by atoms with Gasteiger partial charge in [-0.25, -0.2) is 0 Å². The highest BCUT2D eigenvalue weighted by Gasteiger charge is 2.33. The maximum atomic E-state index is 13.0. The lowest BCUT2D eigenvalue weighted by Gasteiger charge is -2.36. The lowest BCUT2D eigenvalue weighted by molar-refractivity contribution is -0.117. The Morgan fingerprint density at radius 3 is 2.56 bits per heavy atom. The fourth-order valence-corrected chi connectivity index (χ4v) is 6.09. The summed E-state index contributed by atoms with van der Waals surface area (Å²) in [5.41, 5.74) is 4.90. The molecule has 2 heterocycles. The number of anilines is 1. The molecule has 1 aliphatic heterocycles. The lowest BCUT2D eigenvalue weighted by Crippen LogP contribution is -2.40. The van der Waals surface area contributed by atoms with Crippen molar-refractivity contribution in [2.24, 2.45) is 0 Å². The quantitative estimate of drug-likeness (QED) is 0.536. The Hall–Kier alpha value is -2.83. The molecule has 0 radical (unpaired) electrons. The van der Waals surface area contributed by atoms with Gasteiger partial charge in [0.25, 0.3) is 0 Å². The molecule has 5 nitrogen and oxygen atoms in total. The molecular weight excluding hydrogens is 420 g/mol. The van der Waals surface area contributed by atoms with E-state index in [-0.39, 0.29) is 11.9 Å². The second-order valence-electron chi connectivity index (χ2n) is 7.98. The molecule has 1 aliphatic rings. The largest absolute Gasteiger partial charge is 0.493 e. The van der Waals surface area contributed by atoms with Crippen LogP contribution >= 0.6 is 11.3 Å². The van der Waals surface area contributed by atoms with Crippen LogP contribution in [0.3, 0.4) is 0 Å². The number of thiophene rings is 1. The van der Waals surface area contributed by atoms with Crippen LogP contribution in [-0.2, 0) is 17.6 Å². The van der Waals surface area contributed by atoms with Crippen LogP contribution in [0, 0.1) is 6.92 Å². The molecule has 0 fully saturated rings. The zero-order chi connectivity index (χ0) is 22.7. The zero-order valence-corrected chi connectivity index (χ0v) is 19.9. The number of ether oxygens (including phenoxy) is 2. The number of nitrogens with zero attached hydrogens (tertiary/aromatic N) is 1. The van der Waals surface area contributed by atoms with E-state index >= 15 is 0 Å². The van der Waals surface area contributed by atoms with E-state index in [0.717, 1.165) is 19.4 Å². The van der Waals surface area contributed by atoms with Crippen LogP contribution in [0.5, 0.6) is 11.5 Å². The molecule has 1 N–H and O–H groups in total. The van der Waals surface area contributed by atoms with Gasteiger partial charge in [0, 0.05) is 28.1 Å². The molecule has 1 aromatic heterocycles. The number of rotatable bonds is 7. The van der Waals surface area contributed by atoms with E-state index in [1.807, 2.05) is 23.5 Å². The Morgan fingerprint density at radius 1 is 1.12 bits per heavy atom. The first-order valence-corrected chi connectivity index (χ1v) is 11.8. The highest BCUT2D eigenvalue weighted by Crippen LogP contribution is 2.42. The number of carbonyl (C=O) groups is 1. The summed E-state index contributed by atoms with van der Waals surface area (Å²) in [7, 11) is 3.19. The van der Waals surface area contributed by atoms with E-state index in [1.165, 1.54) is 26.4 Å². The second kappa shape index (κ2) is 9.76. The molecule has 4 rings (SSSR count). The number of carbonyl (C=O) groups excluding carboxylic acids is 1. The summed E-state index contributed by atoms with van der Waals surface area (Å²) >= 11 is 1.88.